The van der Waals surface area contributed by atoms with Crippen LogP contribution in [0.15, 0.2) is 35.2 Å². The molecule has 0 heterocycles. The van der Waals surface area contributed by atoms with E-state index in [0.717, 1.165) is 0 Å². The number of hydrogen-bond acceptors (Lipinski definition) is 2. The van der Waals surface area contributed by atoms with Crippen LogP contribution in [0.3, 0.4) is 0 Å². The minimum atomic E-state index is -1.28. The van der Waals surface area contributed by atoms with E-state index in [9.17, 15) is 9.18 Å². The summed E-state index contributed by atoms with van der Waals surface area (Å²) in [6.07, 6.45) is 4.68. The molecular weight excluding hydrogens is 197 g/mol. The summed E-state index contributed by atoms with van der Waals surface area (Å²) in [5.41, 5.74) is 0.200. The van der Waals surface area contributed by atoms with Gasteiger partial charge in [-0.1, -0.05) is 18.2 Å². The quantitative estimate of drug-likeness (QED) is 0.558. The second-order valence-electron chi connectivity index (χ2n) is 3.31. The number of nitriles is 1. The lowest BCUT2D eigenvalue weighted by Crippen LogP contribution is -2.04. The van der Waals surface area contributed by atoms with Crippen LogP contribution >= 0.6 is 0 Å². The Labute approximate surface area is 86.8 Å². The first-order valence-electron chi connectivity index (χ1n) is 4.43. The van der Waals surface area contributed by atoms with Crippen molar-refractivity contribution >= 4 is 5.97 Å². The van der Waals surface area contributed by atoms with Gasteiger partial charge < -0.3 is 5.11 Å². The summed E-state index contributed by atoms with van der Waals surface area (Å²) in [5, 5.41) is 17.1. The third kappa shape index (κ3) is 2.78. The highest BCUT2D eigenvalue weighted by molar-refractivity contribution is 5.91. The van der Waals surface area contributed by atoms with Gasteiger partial charge in [-0.25, -0.2) is 9.18 Å². The Morgan fingerprint density at radius 2 is 2.47 bits per heavy atom. The van der Waals surface area contributed by atoms with E-state index in [1.807, 2.05) is 0 Å². The summed E-state index contributed by atoms with van der Waals surface area (Å²) in [6.45, 7) is 1.65. The van der Waals surface area contributed by atoms with Crippen LogP contribution < -0.4 is 0 Å². The summed E-state index contributed by atoms with van der Waals surface area (Å²) in [6, 6.07) is 1.56. The van der Waals surface area contributed by atoms with E-state index in [1.54, 1.807) is 25.1 Å². The van der Waals surface area contributed by atoms with E-state index in [-0.39, 0.29) is 23.7 Å². The molecule has 0 spiro atoms. The molecular formula is C11H10FNO2. The fourth-order valence-corrected chi connectivity index (χ4v) is 1.28. The van der Waals surface area contributed by atoms with Crippen molar-refractivity contribution in [3.63, 3.8) is 0 Å². The molecule has 1 aliphatic carbocycles. The molecule has 0 aromatic carbocycles. The van der Waals surface area contributed by atoms with Crippen LogP contribution in [0.5, 0.6) is 0 Å². The number of carboxylic acid groups (broad SMARTS) is 1. The predicted octanol–water partition coefficient (Wildman–Crippen LogP) is 2.34. The molecule has 1 aliphatic rings. The second kappa shape index (κ2) is 4.56. The van der Waals surface area contributed by atoms with Gasteiger partial charge in [-0.05, 0) is 12.5 Å². The maximum Gasteiger partial charge on any atom is 0.346 e. The molecule has 0 aliphatic heterocycles. The number of rotatable bonds is 2. The topological polar surface area (TPSA) is 61.1 Å². The monoisotopic (exact) mass is 207 g/mol. The molecule has 1 unspecified atom stereocenters. The number of nitrogens with zero attached hydrogens (tertiary/aromatic N) is 1. The lowest BCUT2D eigenvalue weighted by molar-refractivity contribution is -0.132. The molecule has 4 heteroatoms. The summed E-state index contributed by atoms with van der Waals surface area (Å²) in [5.74, 6) is -1.89. The highest BCUT2D eigenvalue weighted by atomic mass is 19.1. The van der Waals surface area contributed by atoms with E-state index in [0.29, 0.717) is 5.57 Å². The van der Waals surface area contributed by atoms with Gasteiger partial charge in [0.1, 0.15) is 17.5 Å². The predicted molar refractivity (Wildman–Crippen MR) is 52.4 cm³/mol. The van der Waals surface area contributed by atoms with Crippen LogP contribution in [0.2, 0.25) is 0 Å². The zero-order valence-electron chi connectivity index (χ0n) is 8.20. The van der Waals surface area contributed by atoms with E-state index in [1.165, 1.54) is 6.08 Å². The SMILES string of the molecule is CC1=C(F)CC(/C=C(\C#N)C(=O)O)C=C1. The van der Waals surface area contributed by atoms with Gasteiger partial charge >= 0.3 is 5.97 Å². The van der Waals surface area contributed by atoms with Crippen molar-refractivity contribution in [3.8, 4) is 6.07 Å². The lowest BCUT2D eigenvalue weighted by Gasteiger charge is -2.12. The Hall–Kier alpha value is -1.89. The summed E-state index contributed by atoms with van der Waals surface area (Å²) >= 11 is 0. The minimum absolute atomic E-state index is 0.126. The fourth-order valence-electron chi connectivity index (χ4n) is 1.28. The molecule has 3 nitrogen and oxygen atoms in total. The van der Waals surface area contributed by atoms with Gasteiger partial charge in [0.15, 0.2) is 0 Å². The number of carbonyl (C=O) groups is 1. The van der Waals surface area contributed by atoms with E-state index < -0.39 is 5.97 Å². The third-order valence-corrected chi connectivity index (χ3v) is 2.17. The first kappa shape index (κ1) is 11.2. The number of halogens is 1. The molecule has 0 aromatic heterocycles. The van der Waals surface area contributed by atoms with Crippen LogP contribution in [0.1, 0.15) is 13.3 Å². The van der Waals surface area contributed by atoms with Crippen LogP contribution in [-0.4, -0.2) is 11.1 Å². The van der Waals surface area contributed by atoms with Crippen molar-refractivity contribution < 1.29 is 14.3 Å². The maximum atomic E-state index is 13.2. The van der Waals surface area contributed by atoms with Gasteiger partial charge in [0.25, 0.3) is 0 Å². The van der Waals surface area contributed by atoms with Crippen molar-refractivity contribution in [1.82, 2.24) is 0 Å². The zero-order valence-corrected chi connectivity index (χ0v) is 8.20. The summed E-state index contributed by atoms with van der Waals surface area (Å²) in [7, 11) is 0. The molecule has 0 bridgehead atoms. The minimum Gasteiger partial charge on any atom is -0.477 e. The van der Waals surface area contributed by atoms with Crippen molar-refractivity contribution in [1.29, 1.82) is 5.26 Å². The van der Waals surface area contributed by atoms with Crippen LogP contribution in [0.4, 0.5) is 4.39 Å². The van der Waals surface area contributed by atoms with Crippen molar-refractivity contribution in [3.05, 3.63) is 35.2 Å². The van der Waals surface area contributed by atoms with Gasteiger partial charge in [-0.3, -0.25) is 0 Å². The van der Waals surface area contributed by atoms with Crippen LogP contribution in [0.25, 0.3) is 0 Å². The molecule has 0 saturated carbocycles. The first-order chi connectivity index (χ1) is 7.04. The Balaban J connectivity index is 2.84. The Morgan fingerprint density at radius 1 is 1.80 bits per heavy atom. The lowest BCUT2D eigenvalue weighted by atomic mass is 9.94. The highest BCUT2D eigenvalue weighted by Gasteiger charge is 2.15. The molecule has 0 radical (unpaired) electrons. The summed E-state index contributed by atoms with van der Waals surface area (Å²) < 4.78 is 13.2. The Kier molecular flexibility index (Phi) is 3.40. The Morgan fingerprint density at radius 3 is 2.93 bits per heavy atom. The molecule has 0 amide bonds. The van der Waals surface area contributed by atoms with Gasteiger partial charge in [0, 0.05) is 12.3 Å². The Bertz CT molecular complexity index is 413. The summed E-state index contributed by atoms with van der Waals surface area (Å²) in [4.78, 5) is 10.5. The second-order valence-corrected chi connectivity index (χ2v) is 3.31. The molecule has 1 rings (SSSR count). The van der Waals surface area contributed by atoms with Crippen LogP contribution in [-0.2, 0) is 4.79 Å². The van der Waals surface area contributed by atoms with E-state index in [2.05, 4.69) is 0 Å². The molecule has 1 atom stereocenters. The largest absolute Gasteiger partial charge is 0.477 e. The average Bonchev–Trinajstić information content (AvgIpc) is 2.19. The maximum absolute atomic E-state index is 13.2. The molecule has 0 fully saturated rings. The van der Waals surface area contributed by atoms with Crippen molar-refractivity contribution in [2.75, 3.05) is 0 Å². The van der Waals surface area contributed by atoms with E-state index >= 15 is 0 Å². The molecule has 1 N–H and O–H groups in total. The normalized spacial score (nSPS) is 21.4. The van der Waals surface area contributed by atoms with Gasteiger partial charge in [0.05, 0.1) is 0 Å². The fraction of sp³-hybridized carbons (Fsp3) is 0.273. The number of carboxylic acids is 1. The first-order valence-corrected chi connectivity index (χ1v) is 4.43. The van der Waals surface area contributed by atoms with Crippen molar-refractivity contribution in [2.45, 2.75) is 13.3 Å². The number of aliphatic carboxylic acids is 1. The molecule has 15 heavy (non-hydrogen) atoms. The van der Waals surface area contributed by atoms with Gasteiger partial charge in [-0.15, -0.1) is 0 Å². The van der Waals surface area contributed by atoms with Crippen LogP contribution in [0, 0.1) is 17.2 Å². The van der Waals surface area contributed by atoms with Crippen molar-refractivity contribution in [2.24, 2.45) is 5.92 Å². The standard InChI is InChI=1S/C11H10FNO2/c1-7-2-3-8(5-10(7)12)4-9(6-13)11(14)15/h2-4,8H,5H2,1H3,(H,14,15)/b9-4+. The zero-order chi connectivity index (χ0) is 11.4. The average molecular weight is 207 g/mol. The molecule has 78 valence electrons. The number of hydrogen-bond donors (Lipinski definition) is 1. The molecule has 0 saturated heterocycles. The molecule has 0 aromatic rings. The smallest absolute Gasteiger partial charge is 0.346 e. The van der Waals surface area contributed by atoms with Gasteiger partial charge in [-0.2, -0.15) is 5.26 Å². The van der Waals surface area contributed by atoms with Gasteiger partial charge in [0.2, 0.25) is 0 Å². The third-order valence-electron chi connectivity index (χ3n) is 2.17. The van der Waals surface area contributed by atoms with E-state index in [4.69, 9.17) is 10.4 Å². The number of allylic oxidation sites excluding steroid dienone is 5. The highest BCUT2D eigenvalue weighted by Crippen LogP contribution is 2.25.